The molecule has 0 aromatic carbocycles. The summed E-state index contributed by atoms with van der Waals surface area (Å²) in [5.41, 5.74) is 0. The third-order valence-corrected chi connectivity index (χ3v) is 8.82. The molecule has 2 aliphatic carbocycles. The molecular weight excluding hydrogens is 338 g/mol. The Hall–Kier alpha value is -0.660. The van der Waals surface area contributed by atoms with Gasteiger partial charge in [-0.2, -0.15) is 4.31 Å². The van der Waals surface area contributed by atoms with E-state index in [9.17, 15) is 13.2 Å². The summed E-state index contributed by atoms with van der Waals surface area (Å²) in [6.07, 6.45) is 8.28. The Labute approximate surface area is 151 Å². The van der Waals surface area contributed by atoms with Crippen LogP contribution in [0.25, 0.3) is 0 Å². The smallest absolute Gasteiger partial charge is 0.225 e. The van der Waals surface area contributed by atoms with Crippen LogP contribution >= 0.6 is 0 Å². The molecule has 0 N–H and O–H groups in total. The van der Waals surface area contributed by atoms with Crippen molar-refractivity contribution in [2.45, 2.75) is 62.7 Å². The molecule has 1 atom stereocenters. The average molecular weight is 370 g/mol. The molecule has 4 fully saturated rings. The van der Waals surface area contributed by atoms with Crippen molar-refractivity contribution in [2.24, 2.45) is 5.92 Å². The SMILES string of the molecule is O=C(C1CCCC1)N1CCC[C@H](S(=O)(=O)N2CCN(C3CC3)CC2)C1. The number of carbonyl (C=O) groups is 1. The summed E-state index contributed by atoms with van der Waals surface area (Å²) in [6, 6.07) is 0.707. The number of amides is 1. The maximum Gasteiger partial charge on any atom is 0.225 e. The zero-order valence-corrected chi connectivity index (χ0v) is 15.9. The van der Waals surface area contributed by atoms with E-state index in [4.69, 9.17) is 0 Å². The Morgan fingerprint density at radius 1 is 0.800 bits per heavy atom. The highest BCUT2D eigenvalue weighted by Gasteiger charge is 2.40. The largest absolute Gasteiger partial charge is 0.341 e. The number of hydrogen-bond donors (Lipinski definition) is 0. The quantitative estimate of drug-likeness (QED) is 0.749. The highest BCUT2D eigenvalue weighted by Crippen LogP contribution is 2.31. The summed E-state index contributed by atoms with van der Waals surface area (Å²) in [5, 5.41) is -0.404. The molecule has 4 aliphatic rings. The van der Waals surface area contributed by atoms with E-state index in [-0.39, 0.29) is 11.8 Å². The van der Waals surface area contributed by atoms with Gasteiger partial charge in [-0.15, -0.1) is 0 Å². The van der Waals surface area contributed by atoms with Gasteiger partial charge in [0.2, 0.25) is 15.9 Å². The molecule has 6 nitrogen and oxygen atoms in total. The van der Waals surface area contributed by atoms with Crippen LogP contribution in [-0.4, -0.2) is 79.0 Å². The molecule has 0 aromatic heterocycles. The number of rotatable bonds is 4. The zero-order chi connectivity index (χ0) is 17.4. The Kier molecular flexibility index (Phi) is 5.08. The number of piperidine rings is 1. The van der Waals surface area contributed by atoms with Crippen LogP contribution in [0.5, 0.6) is 0 Å². The molecule has 2 saturated carbocycles. The standard InChI is InChI=1S/C18H31N3O3S/c22-18(15-4-1-2-5-15)20-9-3-6-17(14-20)25(23,24)21-12-10-19(11-13-21)16-7-8-16/h15-17H,1-14H2/t17-/m0/s1. The van der Waals surface area contributed by atoms with Crippen molar-refractivity contribution in [3.63, 3.8) is 0 Å². The van der Waals surface area contributed by atoms with E-state index in [1.807, 2.05) is 4.90 Å². The molecule has 2 aliphatic heterocycles. The monoisotopic (exact) mass is 369 g/mol. The van der Waals surface area contributed by atoms with Crippen molar-refractivity contribution in [2.75, 3.05) is 39.3 Å². The molecule has 7 heteroatoms. The predicted molar refractivity (Wildman–Crippen MR) is 96.6 cm³/mol. The van der Waals surface area contributed by atoms with Gasteiger partial charge in [0.1, 0.15) is 0 Å². The predicted octanol–water partition coefficient (Wildman–Crippen LogP) is 1.28. The minimum absolute atomic E-state index is 0.142. The molecule has 0 radical (unpaired) electrons. The fourth-order valence-corrected chi connectivity index (χ4v) is 6.71. The normalized spacial score (nSPS) is 30.7. The molecule has 2 heterocycles. The van der Waals surface area contributed by atoms with E-state index >= 15 is 0 Å². The first kappa shape index (κ1) is 17.7. The van der Waals surface area contributed by atoms with Gasteiger partial charge >= 0.3 is 0 Å². The number of nitrogens with zero attached hydrogens (tertiary/aromatic N) is 3. The van der Waals surface area contributed by atoms with Crippen LogP contribution in [0.1, 0.15) is 51.4 Å². The van der Waals surface area contributed by atoms with E-state index < -0.39 is 15.3 Å². The van der Waals surface area contributed by atoms with Crippen molar-refractivity contribution < 1.29 is 13.2 Å². The first-order chi connectivity index (χ1) is 12.1. The van der Waals surface area contributed by atoms with E-state index in [1.54, 1.807) is 4.31 Å². The summed E-state index contributed by atoms with van der Waals surface area (Å²) < 4.78 is 27.9. The van der Waals surface area contributed by atoms with Gasteiger partial charge in [0.15, 0.2) is 0 Å². The molecule has 4 rings (SSSR count). The third kappa shape index (κ3) is 3.74. The van der Waals surface area contributed by atoms with Gasteiger partial charge in [-0.3, -0.25) is 9.69 Å². The lowest BCUT2D eigenvalue weighted by Gasteiger charge is -2.39. The Bertz CT molecular complexity index is 591. The highest BCUT2D eigenvalue weighted by atomic mass is 32.2. The van der Waals surface area contributed by atoms with Crippen molar-refractivity contribution in [3.05, 3.63) is 0 Å². The first-order valence-electron chi connectivity index (χ1n) is 10.1. The molecule has 25 heavy (non-hydrogen) atoms. The fourth-order valence-electron chi connectivity index (χ4n) is 4.79. The van der Waals surface area contributed by atoms with Crippen LogP contribution in [-0.2, 0) is 14.8 Å². The van der Waals surface area contributed by atoms with Gasteiger partial charge < -0.3 is 4.90 Å². The zero-order valence-electron chi connectivity index (χ0n) is 15.1. The lowest BCUT2D eigenvalue weighted by Crippen LogP contribution is -2.55. The molecular formula is C18H31N3O3S. The van der Waals surface area contributed by atoms with Crippen LogP contribution in [0.15, 0.2) is 0 Å². The Morgan fingerprint density at radius 2 is 1.48 bits per heavy atom. The molecule has 1 amide bonds. The lowest BCUT2D eigenvalue weighted by atomic mass is 10.0. The second-order valence-corrected chi connectivity index (χ2v) is 10.5. The van der Waals surface area contributed by atoms with Gasteiger partial charge in [0, 0.05) is 51.2 Å². The number of carbonyl (C=O) groups excluding carboxylic acids is 1. The van der Waals surface area contributed by atoms with Crippen molar-refractivity contribution in [1.82, 2.24) is 14.1 Å². The van der Waals surface area contributed by atoms with Crippen LogP contribution in [0.4, 0.5) is 0 Å². The van der Waals surface area contributed by atoms with Gasteiger partial charge in [-0.05, 0) is 38.5 Å². The average Bonchev–Trinajstić information content (AvgIpc) is 3.35. The van der Waals surface area contributed by atoms with Gasteiger partial charge in [-0.25, -0.2) is 8.42 Å². The van der Waals surface area contributed by atoms with E-state index in [1.165, 1.54) is 12.8 Å². The summed E-state index contributed by atoms with van der Waals surface area (Å²) in [6.45, 7) is 4.10. The number of likely N-dealkylation sites (tertiary alicyclic amines) is 1. The molecule has 142 valence electrons. The van der Waals surface area contributed by atoms with Crippen molar-refractivity contribution >= 4 is 15.9 Å². The number of sulfonamides is 1. The second kappa shape index (κ2) is 7.16. The summed E-state index contributed by atoms with van der Waals surface area (Å²) in [7, 11) is -3.29. The minimum Gasteiger partial charge on any atom is -0.341 e. The Morgan fingerprint density at radius 3 is 2.12 bits per heavy atom. The van der Waals surface area contributed by atoms with Crippen molar-refractivity contribution in [1.29, 1.82) is 0 Å². The topological polar surface area (TPSA) is 60.9 Å². The van der Waals surface area contributed by atoms with Crippen LogP contribution in [0.2, 0.25) is 0 Å². The van der Waals surface area contributed by atoms with Gasteiger partial charge in [-0.1, -0.05) is 12.8 Å². The molecule has 0 unspecified atom stereocenters. The summed E-state index contributed by atoms with van der Waals surface area (Å²) in [4.78, 5) is 17.0. The minimum atomic E-state index is -3.29. The summed E-state index contributed by atoms with van der Waals surface area (Å²) >= 11 is 0. The van der Waals surface area contributed by atoms with Gasteiger partial charge in [0.25, 0.3) is 0 Å². The fraction of sp³-hybridized carbons (Fsp3) is 0.944. The maximum atomic E-state index is 13.1. The van der Waals surface area contributed by atoms with E-state index in [2.05, 4.69) is 4.90 Å². The van der Waals surface area contributed by atoms with E-state index in [0.717, 1.165) is 51.7 Å². The van der Waals surface area contributed by atoms with Crippen LogP contribution in [0, 0.1) is 5.92 Å². The van der Waals surface area contributed by atoms with Gasteiger partial charge in [0.05, 0.1) is 5.25 Å². The highest BCUT2D eigenvalue weighted by molar-refractivity contribution is 7.89. The molecule has 0 bridgehead atoms. The summed E-state index contributed by atoms with van der Waals surface area (Å²) in [5.74, 6) is 0.347. The van der Waals surface area contributed by atoms with Crippen LogP contribution in [0.3, 0.4) is 0 Å². The Balaban J connectivity index is 1.37. The number of piperazine rings is 1. The lowest BCUT2D eigenvalue weighted by molar-refractivity contribution is -0.136. The maximum absolute atomic E-state index is 13.1. The van der Waals surface area contributed by atoms with E-state index in [0.29, 0.717) is 32.1 Å². The first-order valence-corrected chi connectivity index (χ1v) is 11.6. The second-order valence-electron chi connectivity index (χ2n) is 8.24. The van der Waals surface area contributed by atoms with Crippen molar-refractivity contribution in [3.8, 4) is 0 Å². The molecule has 0 aromatic rings. The molecule has 0 spiro atoms. The van der Waals surface area contributed by atoms with Crippen LogP contribution < -0.4 is 0 Å². The third-order valence-electron chi connectivity index (χ3n) is 6.51. The molecule has 2 saturated heterocycles. The number of hydrogen-bond acceptors (Lipinski definition) is 4.